The van der Waals surface area contributed by atoms with E-state index in [9.17, 15) is 9.59 Å². The molecule has 4 nitrogen and oxygen atoms in total. The molecule has 5 heteroatoms. The van der Waals surface area contributed by atoms with Crippen molar-refractivity contribution in [3.63, 3.8) is 0 Å². The van der Waals surface area contributed by atoms with E-state index in [4.69, 9.17) is 0 Å². The van der Waals surface area contributed by atoms with Gasteiger partial charge < -0.3 is 10.6 Å². The molecule has 1 aliphatic rings. The molecule has 24 heavy (non-hydrogen) atoms. The topological polar surface area (TPSA) is 58.2 Å². The minimum absolute atomic E-state index is 0.102. The van der Waals surface area contributed by atoms with Crippen LogP contribution >= 0.6 is 11.3 Å². The molecule has 2 aromatic rings. The number of carbonyl (C=O) groups excluding carboxylic acids is 2. The van der Waals surface area contributed by atoms with Gasteiger partial charge in [0.2, 0.25) is 0 Å². The summed E-state index contributed by atoms with van der Waals surface area (Å²) >= 11 is 1.59. The van der Waals surface area contributed by atoms with Gasteiger partial charge in [0.25, 0.3) is 11.8 Å². The van der Waals surface area contributed by atoms with Crippen molar-refractivity contribution in [2.45, 2.75) is 33.1 Å². The lowest BCUT2D eigenvalue weighted by Gasteiger charge is -2.16. The molecule has 1 unspecified atom stereocenters. The molecule has 0 bridgehead atoms. The molecule has 1 heterocycles. The molecule has 1 aromatic heterocycles. The van der Waals surface area contributed by atoms with E-state index in [1.165, 1.54) is 16.9 Å². The summed E-state index contributed by atoms with van der Waals surface area (Å²) in [6.07, 6.45) is 3.33. The van der Waals surface area contributed by atoms with Crippen LogP contribution in [0.15, 0.2) is 30.3 Å². The van der Waals surface area contributed by atoms with Crippen LogP contribution < -0.4 is 10.6 Å². The van der Waals surface area contributed by atoms with Crippen LogP contribution in [0.1, 0.15) is 50.7 Å². The first-order valence-corrected chi connectivity index (χ1v) is 9.19. The first-order chi connectivity index (χ1) is 11.6. The number of hydrogen-bond donors (Lipinski definition) is 2. The van der Waals surface area contributed by atoms with Crippen molar-refractivity contribution >= 4 is 28.8 Å². The normalized spacial score (nSPS) is 16.3. The molecule has 0 aliphatic heterocycles. The zero-order chi connectivity index (χ0) is 17.1. The molecule has 1 aliphatic carbocycles. The molecule has 0 saturated carbocycles. The predicted octanol–water partition coefficient (Wildman–Crippen LogP) is 3.87. The summed E-state index contributed by atoms with van der Waals surface area (Å²) in [4.78, 5) is 26.5. The number of fused-ring (bicyclic) bond motifs is 1. The number of aryl methyl sites for hydroxylation is 1. The van der Waals surface area contributed by atoms with Gasteiger partial charge in [-0.15, -0.1) is 11.3 Å². The van der Waals surface area contributed by atoms with E-state index in [1.807, 2.05) is 13.0 Å². The van der Waals surface area contributed by atoms with Crippen LogP contribution in [0.3, 0.4) is 0 Å². The van der Waals surface area contributed by atoms with Crippen molar-refractivity contribution in [1.82, 2.24) is 5.32 Å². The average Bonchev–Trinajstić information content (AvgIpc) is 2.98. The summed E-state index contributed by atoms with van der Waals surface area (Å²) in [6.45, 7) is 4.71. The fourth-order valence-corrected chi connectivity index (χ4v) is 4.11. The third kappa shape index (κ3) is 3.67. The fraction of sp³-hybridized carbons (Fsp3) is 0.368. The highest BCUT2D eigenvalue weighted by Crippen LogP contribution is 2.32. The Kier molecular flexibility index (Phi) is 5.00. The lowest BCUT2D eigenvalue weighted by atomic mass is 9.90. The SMILES string of the molecule is CCNC(=O)c1cccc(NC(=O)c2cc3c(s2)CCC(C)C3)c1. The van der Waals surface area contributed by atoms with E-state index in [0.29, 0.717) is 23.7 Å². The second kappa shape index (κ2) is 7.18. The molecule has 2 amide bonds. The number of carbonyl (C=O) groups is 2. The van der Waals surface area contributed by atoms with Gasteiger partial charge in [-0.25, -0.2) is 0 Å². The van der Waals surface area contributed by atoms with Crippen LogP contribution in [0.4, 0.5) is 5.69 Å². The second-order valence-corrected chi connectivity index (χ2v) is 7.44. The van der Waals surface area contributed by atoms with Crippen molar-refractivity contribution in [2.24, 2.45) is 5.92 Å². The molecule has 3 rings (SSSR count). The molecular formula is C19H22N2O2S. The largest absolute Gasteiger partial charge is 0.352 e. The maximum Gasteiger partial charge on any atom is 0.265 e. The number of hydrogen-bond acceptors (Lipinski definition) is 3. The first-order valence-electron chi connectivity index (χ1n) is 8.38. The standard InChI is InChI=1S/C19H22N2O2S/c1-3-20-18(22)13-5-4-6-15(10-13)21-19(23)17-11-14-9-12(2)7-8-16(14)24-17/h4-6,10-12H,3,7-9H2,1-2H3,(H,20,22)(H,21,23). The van der Waals surface area contributed by atoms with Gasteiger partial charge in [0.05, 0.1) is 4.88 Å². The van der Waals surface area contributed by atoms with Crippen molar-refractivity contribution < 1.29 is 9.59 Å². The molecular weight excluding hydrogens is 320 g/mol. The smallest absolute Gasteiger partial charge is 0.265 e. The van der Waals surface area contributed by atoms with Crippen LogP contribution in [-0.2, 0) is 12.8 Å². The highest BCUT2D eigenvalue weighted by Gasteiger charge is 2.20. The summed E-state index contributed by atoms with van der Waals surface area (Å²) in [5.41, 5.74) is 2.51. The Morgan fingerprint density at radius 1 is 1.25 bits per heavy atom. The maximum absolute atomic E-state index is 12.5. The van der Waals surface area contributed by atoms with Crippen molar-refractivity contribution in [3.05, 3.63) is 51.2 Å². The number of rotatable bonds is 4. The average molecular weight is 342 g/mol. The summed E-state index contributed by atoms with van der Waals surface area (Å²) in [6, 6.07) is 9.06. The molecule has 0 fully saturated rings. The molecule has 0 spiro atoms. The Morgan fingerprint density at radius 3 is 2.88 bits per heavy atom. The van der Waals surface area contributed by atoms with Crippen LogP contribution in [0, 0.1) is 5.92 Å². The Morgan fingerprint density at radius 2 is 2.08 bits per heavy atom. The summed E-state index contributed by atoms with van der Waals surface area (Å²) in [5, 5.41) is 5.67. The number of anilines is 1. The van der Waals surface area contributed by atoms with Gasteiger partial charge in [0, 0.05) is 22.7 Å². The highest BCUT2D eigenvalue weighted by atomic mass is 32.1. The highest BCUT2D eigenvalue weighted by molar-refractivity contribution is 7.14. The Bertz CT molecular complexity index is 766. The summed E-state index contributed by atoms with van der Waals surface area (Å²) in [7, 11) is 0. The lowest BCUT2D eigenvalue weighted by Crippen LogP contribution is -2.22. The number of nitrogens with one attached hydrogen (secondary N) is 2. The van der Waals surface area contributed by atoms with E-state index in [1.54, 1.807) is 35.6 Å². The monoisotopic (exact) mass is 342 g/mol. The van der Waals surface area contributed by atoms with Crippen LogP contribution in [-0.4, -0.2) is 18.4 Å². The van der Waals surface area contributed by atoms with E-state index in [0.717, 1.165) is 17.7 Å². The van der Waals surface area contributed by atoms with E-state index < -0.39 is 0 Å². The van der Waals surface area contributed by atoms with E-state index in [-0.39, 0.29) is 11.8 Å². The van der Waals surface area contributed by atoms with Gasteiger partial charge in [-0.2, -0.15) is 0 Å². The van der Waals surface area contributed by atoms with Crippen LogP contribution in [0.25, 0.3) is 0 Å². The first kappa shape index (κ1) is 16.7. The third-order valence-electron chi connectivity index (χ3n) is 4.27. The molecule has 0 radical (unpaired) electrons. The molecule has 0 saturated heterocycles. The van der Waals surface area contributed by atoms with Gasteiger partial charge in [-0.3, -0.25) is 9.59 Å². The summed E-state index contributed by atoms with van der Waals surface area (Å²) in [5.74, 6) is 0.459. The minimum Gasteiger partial charge on any atom is -0.352 e. The van der Waals surface area contributed by atoms with Gasteiger partial charge in [-0.05, 0) is 61.9 Å². The van der Waals surface area contributed by atoms with E-state index in [2.05, 4.69) is 17.6 Å². The third-order valence-corrected chi connectivity index (χ3v) is 5.51. The minimum atomic E-state index is -0.130. The van der Waals surface area contributed by atoms with Crippen molar-refractivity contribution in [1.29, 1.82) is 0 Å². The Labute approximate surface area is 146 Å². The van der Waals surface area contributed by atoms with Gasteiger partial charge in [0.15, 0.2) is 0 Å². The maximum atomic E-state index is 12.5. The second-order valence-electron chi connectivity index (χ2n) is 6.30. The Hall–Kier alpha value is -2.14. The van der Waals surface area contributed by atoms with Gasteiger partial charge in [0.1, 0.15) is 0 Å². The number of benzene rings is 1. The van der Waals surface area contributed by atoms with Crippen LogP contribution in [0.5, 0.6) is 0 Å². The van der Waals surface area contributed by atoms with E-state index >= 15 is 0 Å². The molecule has 2 N–H and O–H groups in total. The van der Waals surface area contributed by atoms with Gasteiger partial charge >= 0.3 is 0 Å². The van der Waals surface area contributed by atoms with Crippen molar-refractivity contribution in [2.75, 3.05) is 11.9 Å². The lowest BCUT2D eigenvalue weighted by molar-refractivity contribution is 0.0954. The zero-order valence-electron chi connectivity index (χ0n) is 14.0. The van der Waals surface area contributed by atoms with Crippen LogP contribution in [0.2, 0.25) is 0 Å². The zero-order valence-corrected chi connectivity index (χ0v) is 14.8. The fourth-order valence-electron chi connectivity index (χ4n) is 3.01. The molecule has 1 aromatic carbocycles. The van der Waals surface area contributed by atoms with Crippen molar-refractivity contribution in [3.8, 4) is 0 Å². The Balaban J connectivity index is 1.73. The number of amides is 2. The predicted molar refractivity (Wildman–Crippen MR) is 97.9 cm³/mol. The molecule has 1 atom stereocenters. The van der Waals surface area contributed by atoms with Gasteiger partial charge in [-0.1, -0.05) is 13.0 Å². The number of thiophene rings is 1. The molecule has 126 valence electrons. The quantitative estimate of drug-likeness (QED) is 0.886. The summed E-state index contributed by atoms with van der Waals surface area (Å²) < 4.78 is 0.